The maximum absolute atomic E-state index is 12.8. The van der Waals surface area contributed by atoms with Crippen molar-refractivity contribution in [2.24, 2.45) is 0 Å². The number of nitrogens with one attached hydrogen (secondary N) is 1. The number of hydrogen-bond acceptors (Lipinski definition) is 4. The van der Waals surface area contributed by atoms with E-state index < -0.39 is 17.8 Å². The number of rotatable bonds is 5. The Hall–Kier alpha value is -3.58. The number of halogens is 1. The lowest BCUT2D eigenvalue weighted by atomic mass is 10.1. The Morgan fingerprint density at radius 3 is 2.59 bits per heavy atom. The normalized spacial score (nSPS) is 15.8. The molecule has 1 saturated heterocycles. The van der Waals surface area contributed by atoms with Crippen LogP contribution in [-0.4, -0.2) is 27.3 Å². The van der Waals surface area contributed by atoms with E-state index in [1.54, 1.807) is 30.3 Å². The SMILES string of the molecule is O=C1NC(=O)N(Cc2ccco2)C(=O)/C1=C/c1cccn1Cc1ccccc1Cl. The first-order valence-electron chi connectivity index (χ1n) is 8.83. The molecule has 146 valence electrons. The lowest BCUT2D eigenvalue weighted by molar-refractivity contribution is -0.130. The van der Waals surface area contributed by atoms with E-state index in [1.165, 1.54) is 12.3 Å². The molecule has 1 aliphatic rings. The van der Waals surface area contributed by atoms with Crippen LogP contribution >= 0.6 is 11.6 Å². The molecule has 29 heavy (non-hydrogen) atoms. The van der Waals surface area contributed by atoms with Crippen molar-refractivity contribution < 1.29 is 18.8 Å². The van der Waals surface area contributed by atoms with Gasteiger partial charge in [-0.3, -0.25) is 19.8 Å². The topological polar surface area (TPSA) is 84.6 Å². The van der Waals surface area contributed by atoms with Gasteiger partial charge in [0.05, 0.1) is 12.8 Å². The Morgan fingerprint density at radius 1 is 1.00 bits per heavy atom. The average Bonchev–Trinajstić information content (AvgIpc) is 3.36. The molecule has 4 amide bonds. The van der Waals surface area contributed by atoms with Crippen molar-refractivity contribution in [3.05, 3.63) is 88.6 Å². The van der Waals surface area contributed by atoms with Gasteiger partial charge in [0.15, 0.2) is 0 Å². The van der Waals surface area contributed by atoms with Crippen molar-refractivity contribution in [1.29, 1.82) is 0 Å². The Bertz CT molecular complexity index is 1110. The van der Waals surface area contributed by atoms with E-state index >= 15 is 0 Å². The molecule has 0 radical (unpaired) electrons. The minimum Gasteiger partial charge on any atom is -0.467 e. The van der Waals surface area contributed by atoms with Gasteiger partial charge < -0.3 is 8.98 Å². The highest BCUT2D eigenvalue weighted by molar-refractivity contribution is 6.31. The van der Waals surface area contributed by atoms with E-state index in [0.717, 1.165) is 10.5 Å². The first-order chi connectivity index (χ1) is 14.0. The van der Waals surface area contributed by atoms with Gasteiger partial charge in [0.25, 0.3) is 11.8 Å². The highest BCUT2D eigenvalue weighted by atomic mass is 35.5. The highest BCUT2D eigenvalue weighted by Crippen LogP contribution is 2.20. The number of carbonyl (C=O) groups excluding carboxylic acids is 3. The molecule has 0 unspecified atom stereocenters. The van der Waals surface area contributed by atoms with Crippen LogP contribution in [0.3, 0.4) is 0 Å². The number of carbonyl (C=O) groups is 3. The van der Waals surface area contributed by atoms with Crippen LogP contribution in [0, 0.1) is 0 Å². The van der Waals surface area contributed by atoms with E-state index in [0.29, 0.717) is 23.0 Å². The maximum atomic E-state index is 12.8. The van der Waals surface area contributed by atoms with Crippen molar-refractivity contribution in [3.63, 3.8) is 0 Å². The van der Waals surface area contributed by atoms with E-state index in [1.807, 2.05) is 29.0 Å². The number of benzene rings is 1. The molecule has 1 aliphatic heterocycles. The molecule has 0 atom stereocenters. The number of hydrogen-bond donors (Lipinski definition) is 1. The van der Waals surface area contributed by atoms with Crippen LogP contribution < -0.4 is 5.32 Å². The zero-order chi connectivity index (χ0) is 20.4. The molecule has 1 N–H and O–H groups in total. The molecule has 0 aliphatic carbocycles. The summed E-state index contributed by atoms with van der Waals surface area (Å²) in [5.41, 5.74) is 1.41. The summed E-state index contributed by atoms with van der Waals surface area (Å²) >= 11 is 6.23. The minimum atomic E-state index is -0.778. The molecule has 1 aromatic carbocycles. The molecule has 1 fully saturated rings. The van der Waals surface area contributed by atoms with Gasteiger partial charge >= 0.3 is 6.03 Å². The Kier molecular flexibility index (Phi) is 5.05. The van der Waals surface area contributed by atoms with Gasteiger partial charge in [-0.15, -0.1) is 0 Å². The number of aromatic nitrogens is 1. The largest absolute Gasteiger partial charge is 0.467 e. The van der Waals surface area contributed by atoms with Crippen molar-refractivity contribution in [2.45, 2.75) is 13.1 Å². The minimum absolute atomic E-state index is 0.0665. The van der Waals surface area contributed by atoms with E-state index in [9.17, 15) is 14.4 Å². The molecule has 0 bridgehead atoms. The van der Waals surface area contributed by atoms with Crippen molar-refractivity contribution in [3.8, 4) is 0 Å². The summed E-state index contributed by atoms with van der Waals surface area (Å²) in [6, 6.07) is 13.5. The quantitative estimate of drug-likeness (QED) is 0.516. The Morgan fingerprint density at radius 2 is 1.83 bits per heavy atom. The van der Waals surface area contributed by atoms with E-state index in [2.05, 4.69) is 5.32 Å². The Balaban J connectivity index is 1.62. The zero-order valence-electron chi connectivity index (χ0n) is 15.2. The molecule has 8 heteroatoms. The molecule has 4 rings (SSSR count). The third kappa shape index (κ3) is 3.86. The second-order valence-electron chi connectivity index (χ2n) is 6.44. The molecule has 3 heterocycles. The van der Waals surface area contributed by atoms with Crippen LogP contribution in [0.25, 0.3) is 6.08 Å². The summed E-state index contributed by atoms with van der Waals surface area (Å²) in [6.45, 7) is 0.402. The number of barbiturate groups is 1. The average molecular weight is 410 g/mol. The van der Waals surface area contributed by atoms with Gasteiger partial charge in [0.2, 0.25) is 0 Å². The number of nitrogens with zero attached hydrogens (tertiary/aromatic N) is 2. The van der Waals surface area contributed by atoms with Crippen molar-refractivity contribution >= 4 is 35.5 Å². The van der Waals surface area contributed by atoms with Crippen LogP contribution in [0.1, 0.15) is 17.0 Å². The zero-order valence-corrected chi connectivity index (χ0v) is 15.9. The van der Waals surface area contributed by atoms with Gasteiger partial charge in [0.1, 0.15) is 11.3 Å². The molecule has 0 saturated carbocycles. The monoisotopic (exact) mass is 409 g/mol. The third-order valence-corrected chi connectivity index (χ3v) is 4.90. The second-order valence-corrected chi connectivity index (χ2v) is 6.85. The molecule has 0 spiro atoms. The third-order valence-electron chi connectivity index (χ3n) is 4.54. The summed E-state index contributed by atoms with van der Waals surface area (Å²) in [5, 5.41) is 2.83. The van der Waals surface area contributed by atoms with Gasteiger partial charge in [-0.1, -0.05) is 29.8 Å². The van der Waals surface area contributed by atoms with Gasteiger partial charge in [-0.05, 0) is 42.0 Å². The van der Waals surface area contributed by atoms with Crippen LogP contribution in [0.15, 0.2) is 71.0 Å². The summed E-state index contributed by atoms with van der Waals surface area (Å²) in [4.78, 5) is 38.2. The molecular formula is C21H16ClN3O4. The number of urea groups is 1. The molecule has 2 aromatic heterocycles. The fourth-order valence-corrected chi connectivity index (χ4v) is 3.25. The predicted octanol–water partition coefficient (Wildman–Crippen LogP) is 3.44. The lowest BCUT2D eigenvalue weighted by Gasteiger charge is -2.25. The first kappa shape index (κ1) is 18.8. The maximum Gasteiger partial charge on any atom is 0.331 e. The van der Waals surface area contributed by atoms with Gasteiger partial charge in [-0.25, -0.2) is 4.79 Å². The summed E-state index contributed by atoms with van der Waals surface area (Å²) in [6.07, 6.45) is 4.74. The smallest absolute Gasteiger partial charge is 0.331 e. The second kappa shape index (κ2) is 7.81. The van der Waals surface area contributed by atoms with Crippen molar-refractivity contribution in [2.75, 3.05) is 0 Å². The first-order valence-corrected chi connectivity index (χ1v) is 9.20. The molecular weight excluding hydrogens is 394 g/mol. The van der Waals surface area contributed by atoms with Crippen LogP contribution in [0.2, 0.25) is 5.02 Å². The van der Waals surface area contributed by atoms with Gasteiger partial charge in [-0.2, -0.15) is 0 Å². The standard InChI is InChI=1S/C21H16ClN3O4/c22-18-8-2-1-5-14(18)12-24-9-3-6-15(24)11-17-19(26)23-21(28)25(20(17)27)13-16-7-4-10-29-16/h1-11H,12-13H2,(H,23,26,28)/b17-11+. The number of amides is 4. The number of imide groups is 2. The van der Waals surface area contributed by atoms with Gasteiger partial charge in [0, 0.05) is 23.5 Å². The fraction of sp³-hybridized carbons (Fsp3) is 0.0952. The van der Waals surface area contributed by atoms with Crippen molar-refractivity contribution in [1.82, 2.24) is 14.8 Å². The fourth-order valence-electron chi connectivity index (χ4n) is 3.06. The van der Waals surface area contributed by atoms with Crippen LogP contribution in [0.4, 0.5) is 4.79 Å². The van der Waals surface area contributed by atoms with Crippen LogP contribution in [0.5, 0.6) is 0 Å². The highest BCUT2D eigenvalue weighted by Gasteiger charge is 2.36. The summed E-state index contributed by atoms with van der Waals surface area (Å²) in [7, 11) is 0. The lowest BCUT2D eigenvalue weighted by Crippen LogP contribution is -2.53. The number of furan rings is 1. The summed E-state index contributed by atoms with van der Waals surface area (Å²) < 4.78 is 7.07. The van der Waals surface area contributed by atoms with E-state index in [4.69, 9.17) is 16.0 Å². The summed E-state index contributed by atoms with van der Waals surface area (Å²) in [5.74, 6) is -0.980. The predicted molar refractivity (Wildman–Crippen MR) is 106 cm³/mol. The molecule has 7 nitrogen and oxygen atoms in total. The van der Waals surface area contributed by atoms with Crippen LogP contribution in [-0.2, 0) is 22.7 Å². The molecule has 3 aromatic rings. The van der Waals surface area contributed by atoms with E-state index in [-0.39, 0.29) is 12.1 Å². The Labute approximate surface area is 171 Å².